The van der Waals surface area contributed by atoms with Crippen molar-refractivity contribution in [3.63, 3.8) is 0 Å². The molecule has 3 rings (SSSR count). The Balaban J connectivity index is 1.76. The number of likely N-dealkylation sites (tertiary alicyclic amines) is 1. The predicted octanol–water partition coefficient (Wildman–Crippen LogP) is 3.12. The maximum Gasteiger partial charge on any atom is 0.407 e. The average Bonchev–Trinajstić information content (AvgIpc) is 3.02. The van der Waals surface area contributed by atoms with E-state index >= 15 is 0 Å². The molecule has 2 aromatic rings. The summed E-state index contributed by atoms with van der Waals surface area (Å²) < 4.78 is 0. The first-order valence-electron chi connectivity index (χ1n) is 8.53. The highest BCUT2D eigenvalue weighted by molar-refractivity contribution is 5.86. The lowest BCUT2D eigenvalue weighted by Crippen LogP contribution is -2.45. The van der Waals surface area contributed by atoms with Crippen molar-refractivity contribution in [2.45, 2.75) is 44.7 Å². The minimum Gasteiger partial charge on any atom is -0.465 e. The van der Waals surface area contributed by atoms with Gasteiger partial charge in [-0.3, -0.25) is 9.78 Å². The second-order valence-corrected chi connectivity index (χ2v) is 7.03. The van der Waals surface area contributed by atoms with Crippen LogP contribution in [0.1, 0.15) is 38.8 Å². The van der Waals surface area contributed by atoms with E-state index in [9.17, 15) is 14.7 Å². The Morgan fingerprint density at radius 3 is 2.84 bits per heavy atom. The normalized spacial score (nSPS) is 17.7. The summed E-state index contributed by atoms with van der Waals surface area (Å²) in [6, 6.07) is 9.64. The summed E-state index contributed by atoms with van der Waals surface area (Å²) in [4.78, 5) is 29.6. The van der Waals surface area contributed by atoms with E-state index in [0.29, 0.717) is 6.54 Å². The molecule has 1 aliphatic rings. The maximum atomic E-state index is 12.5. The van der Waals surface area contributed by atoms with E-state index in [2.05, 4.69) is 10.3 Å². The van der Waals surface area contributed by atoms with Crippen LogP contribution in [0.25, 0.3) is 10.8 Å². The van der Waals surface area contributed by atoms with Gasteiger partial charge in [-0.2, -0.15) is 0 Å². The van der Waals surface area contributed by atoms with E-state index in [1.807, 2.05) is 44.2 Å². The number of benzene rings is 1. The third-order valence-corrected chi connectivity index (χ3v) is 4.76. The summed E-state index contributed by atoms with van der Waals surface area (Å²) in [5.41, 5.74) is 0.158. The first-order valence-corrected chi connectivity index (χ1v) is 8.53. The topological polar surface area (TPSA) is 82.5 Å². The second kappa shape index (κ2) is 6.70. The summed E-state index contributed by atoms with van der Waals surface area (Å²) in [6.45, 7) is 4.34. The first-order chi connectivity index (χ1) is 11.9. The summed E-state index contributed by atoms with van der Waals surface area (Å²) >= 11 is 0. The molecule has 1 unspecified atom stereocenters. The van der Waals surface area contributed by atoms with Crippen LogP contribution in [0.2, 0.25) is 0 Å². The zero-order valence-electron chi connectivity index (χ0n) is 14.5. The van der Waals surface area contributed by atoms with Gasteiger partial charge in [-0.25, -0.2) is 4.79 Å². The number of rotatable bonds is 4. The predicted molar refractivity (Wildman–Crippen MR) is 95.3 cm³/mol. The summed E-state index contributed by atoms with van der Waals surface area (Å²) in [5, 5.41) is 14.3. The molecule has 2 heterocycles. The standard InChI is InChI=1S/C19H23N3O3/c1-19(2,17-15-8-4-3-6-13(15)9-10-20-17)21-16(23)12-14-7-5-11-22(14)18(24)25/h3-4,6,8-10,14H,5,7,11-12H2,1-2H3,(H,21,23)(H,24,25). The smallest absolute Gasteiger partial charge is 0.407 e. The van der Waals surface area contributed by atoms with Gasteiger partial charge >= 0.3 is 6.09 Å². The first kappa shape index (κ1) is 17.2. The molecule has 0 saturated carbocycles. The van der Waals surface area contributed by atoms with Gasteiger partial charge in [0.25, 0.3) is 0 Å². The third-order valence-electron chi connectivity index (χ3n) is 4.76. The zero-order chi connectivity index (χ0) is 18.0. The van der Waals surface area contributed by atoms with Crippen molar-refractivity contribution >= 4 is 22.8 Å². The highest BCUT2D eigenvalue weighted by Gasteiger charge is 2.32. The van der Waals surface area contributed by atoms with E-state index < -0.39 is 11.6 Å². The van der Waals surface area contributed by atoms with Crippen molar-refractivity contribution in [3.8, 4) is 0 Å². The molecule has 2 amide bonds. The summed E-state index contributed by atoms with van der Waals surface area (Å²) in [5.74, 6) is -0.155. The molecule has 2 N–H and O–H groups in total. The molecule has 1 fully saturated rings. The second-order valence-electron chi connectivity index (χ2n) is 7.03. The molecule has 6 heteroatoms. The number of carbonyl (C=O) groups excluding carboxylic acids is 1. The molecule has 1 aromatic carbocycles. The van der Waals surface area contributed by atoms with Crippen LogP contribution in [-0.4, -0.2) is 39.6 Å². The molecule has 0 aliphatic carbocycles. The number of nitrogens with zero attached hydrogens (tertiary/aromatic N) is 2. The van der Waals surface area contributed by atoms with Crippen LogP contribution in [0, 0.1) is 0 Å². The SMILES string of the molecule is CC(C)(NC(=O)CC1CCCN1C(=O)O)c1nccc2ccccc12. The number of fused-ring (bicyclic) bond motifs is 1. The lowest BCUT2D eigenvalue weighted by molar-refractivity contribution is -0.123. The van der Waals surface area contributed by atoms with Crippen molar-refractivity contribution in [3.05, 3.63) is 42.2 Å². The summed E-state index contributed by atoms with van der Waals surface area (Å²) in [7, 11) is 0. The highest BCUT2D eigenvalue weighted by atomic mass is 16.4. The van der Waals surface area contributed by atoms with Crippen molar-refractivity contribution in [1.29, 1.82) is 0 Å². The maximum absolute atomic E-state index is 12.5. The van der Waals surface area contributed by atoms with E-state index in [4.69, 9.17) is 0 Å². The van der Waals surface area contributed by atoms with Crippen LogP contribution < -0.4 is 5.32 Å². The molecule has 6 nitrogen and oxygen atoms in total. The number of pyridine rings is 1. The van der Waals surface area contributed by atoms with Crippen LogP contribution in [-0.2, 0) is 10.3 Å². The number of carboxylic acid groups (broad SMARTS) is 1. The van der Waals surface area contributed by atoms with Crippen molar-refractivity contribution in [2.75, 3.05) is 6.54 Å². The molecular weight excluding hydrogens is 318 g/mol. The van der Waals surface area contributed by atoms with Gasteiger partial charge in [0.05, 0.1) is 11.2 Å². The molecule has 25 heavy (non-hydrogen) atoms. The molecule has 0 radical (unpaired) electrons. The number of amides is 2. The average molecular weight is 341 g/mol. The fraction of sp³-hybridized carbons (Fsp3) is 0.421. The van der Waals surface area contributed by atoms with Gasteiger partial charge in [-0.05, 0) is 38.1 Å². The number of hydrogen-bond acceptors (Lipinski definition) is 3. The third kappa shape index (κ3) is 3.57. The lowest BCUT2D eigenvalue weighted by atomic mass is 9.94. The van der Waals surface area contributed by atoms with Gasteiger partial charge in [0.15, 0.2) is 0 Å². The Morgan fingerprint density at radius 1 is 1.32 bits per heavy atom. The number of hydrogen-bond donors (Lipinski definition) is 2. The van der Waals surface area contributed by atoms with E-state index in [1.54, 1.807) is 6.20 Å². The Hall–Kier alpha value is -2.63. The molecule has 1 saturated heterocycles. The van der Waals surface area contributed by atoms with Crippen molar-refractivity contribution in [1.82, 2.24) is 15.2 Å². The van der Waals surface area contributed by atoms with Crippen LogP contribution in [0.4, 0.5) is 4.79 Å². The molecule has 0 bridgehead atoms. The van der Waals surface area contributed by atoms with Crippen LogP contribution >= 0.6 is 0 Å². The van der Waals surface area contributed by atoms with Crippen LogP contribution in [0.15, 0.2) is 36.5 Å². The highest BCUT2D eigenvalue weighted by Crippen LogP contribution is 2.27. The van der Waals surface area contributed by atoms with Gasteiger partial charge in [0, 0.05) is 30.6 Å². The van der Waals surface area contributed by atoms with E-state index in [0.717, 1.165) is 29.3 Å². The Kier molecular flexibility index (Phi) is 4.61. The van der Waals surface area contributed by atoms with Gasteiger partial charge < -0.3 is 15.3 Å². The minimum absolute atomic E-state index is 0.155. The Morgan fingerprint density at radius 2 is 2.08 bits per heavy atom. The van der Waals surface area contributed by atoms with Gasteiger partial charge in [0.1, 0.15) is 0 Å². The van der Waals surface area contributed by atoms with Crippen LogP contribution in [0.3, 0.4) is 0 Å². The monoisotopic (exact) mass is 341 g/mol. The number of aromatic nitrogens is 1. The van der Waals surface area contributed by atoms with E-state index in [1.165, 1.54) is 4.90 Å². The quantitative estimate of drug-likeness (QED) is 0.895. The van der Waals surface area contributed by atoms with Crippen molar-refractivity contribution in [2.24, 2.45) is 0 Å². The molecule has 1 atom stereocenters. The zero-order valence-corrected chi connectivity index (χ0v) is 14.5. The largest absolute Gasteiger partial charge is 0.465 e. The fourth-order valence-corrected chi connectivity index (χ4v) is 3.59. The molecule has 132 valence electrons. The van der Waals surface area contributed by atoms with Gasteiger partial charge in [-0.1, -0.05) is 24.3 Å². The summed E-state index contributed by atoms with van der Waals surface area (Å²) in [6.07, 6.45) is 2.51. The van der Waals surface area contributed by atoms with E-state index in [-0.39, 0.29) is 18.4 Å². The Bertz CT molecular complexity index is 798. The molecule has 0 spiro atoms. The van der Waals surface area contributed by atoms with Crippen LogP contribution in [0.5, 0.6) is 0 Å². The fourth-order valence-electron chi connectivity index (χ4n) is 3.59. The van der Waals surface area contributed by atoms with Gasteiger partial charge in [-0.15, -0.1) is 0 Å². The number of carbonyl (C=O) groups is 2. The lowest BCUT2D eigenvalue weighted by Gasteiger charge is -2.28. The Labute approximate surface area is 146 Å². The molecule has 1 aliphatic heterocycles. The molecular formula is C19H23N3O3. The van der Waals surface area contributed by atoms with Gasteiger partial charge in [0.2, 0.25) is 5.91 Å². The molecule has 1 aromatic heterocycles. The minimum atomic E-state index is -0.953. The number of nitrogens with one attached hydrogen (secondary N) is 1. The van der Waals surface area contributed by atoms with Crippen molar-refractivity contribution < 1.29 is 14.7 Å².